The smallest absolute Gasteiger partial charge is 0.336 e. The number of nitrogens with zero attached hydrogens (tertiary/aromatic N) is 1. The van der Waals surface area contributed by atoms with Crippen molar-refractivity contribution in [2.45, 2.75) is 13.5 Å². The molecule has 1 aromatic heterocycles. The van der Waals surface area contributed by atoms with Crippen LogP contribution >= 0.6 is 0 Å². The average Bonchev–Trinajstić information content (AvgIpc) is 2.64. The molecule has 3 rings (SSSR count). The molecule has 136 valence electrons. The Kier molecular flexibility index (Phi) is 5.12. The zero-order chi connectivity index (χ0) is 19.4. The molecule has 0 fully saturated rings. The number of nitro groups is 1. The molecule has 0 saturated carbocycles. The molecule has 2 aromatic carbocycles. The molecule has 0 bridgehead atoms. The molecular formula is C20H15NO6. The minimum atomic E-state index is -0.596. The number of carbonyl (C=O) groups excluding carboxylic acids is 1. The first-order valence-electron chi connectivity index (χ1n) is 8.05. The number of nitro benzene ring substituents is 1. The summed E-state index contributed by atoms with van der Waals surface area (Å²) in [5.41, 5.74) is 2.03. The Hall–Kier alpha value is -3.74. The van der Waals surface area contributed by atoms with Crippen LogP contribution in [0, 0.1) is 17.0 Å². The van der Waals surface area contributed by atoms with Gasteiger partial charge in [0, 0.05) is 35.2 Å². The number of esters is 1. The van der Waals surface area contributed by atoms with Crippen molar-refractivity contribution >= 4 is 28.7 Å². The molecule has 0 amide bonds. The van der Waals surface area contributed by atoms with Gasteiger partial charge in [0.1, 0.15) is 12.2 Å². The maximum atomic E-state index is 11.9. The van der Waals surface area contributed by atoms with Crippen LogP contribution in [0.1, 0.15) is 16.7 Å². The minimum absolute atomic E-state index is 0.0280. The van der Waals surface area contributed by atoms with Crippen LogP contribution in [0.5, 0.6) is 0 Å². The quantitative estimate of drug-likeness (QED) is 0.224. The largest absolute Gasteiger partial charge is 0.458 e. The highest BCUT2D eigenvalue weighted by Gasteiger charge is 2.08. The topological polar surface area (TPSA) is 99.6 Å². The predicted molar refractivity (Wildman–Crippen MR) is 99.1 cm³/mol. The highest BCUT2D eigenvalue weighted by Crippen LogP contribution is 2.19. The zero-order valence-electron chi connectivity index (χ0n) is 14.4. The Morgan fingerprint density at radius 1 is 1.19 bits per heavy atom. The van der Waals surface area contributed by atoms with E-state index < -0.39 is 16.5 Å². The second-order valence-corrected chi connectivity index (χ2v) is 5.88. The van der Waals surface area contributed by atoms with Crippen LogP contribution in [0.4, 0.5) is 5.69 Å². The molecule has 0 saturated heterocycles. The van der Waals surface area contributed by atoms with Gasteiger partial charge in [0.15, 0.2) is 0 Å². The van der Waals surface area contributed by atoms with E-state index in [1.165, 1.54) is 42.5 Å². The second-order valence-electron chi connectivity index (χ2n) is 5.88. The highest BCUT2D eigenvalue weighted by atomic mass is 16.6. The number of hydrogen-bond donors (Lipinski definition) is 0. The van der Waals surface area contributed by atoms with Gasteiger partial charge in [-0.05, 0) is 42.3 Å². The third-order valence-electron chi connectivity index (χ3n) is 3.87. The number of ether oxygens (including phenoxy) is 1. The Bertz CT molecular complexity index is 1100. The lowest BCUT2D eigenvalue weighted by atomic mass is 10.1. The van der Waals surface area contributed by atoms with Crippen LogP contribution in [-0.2, 0) is 16.1 Å². The normalized spacial score (nSPS) is 11.0. The van der Waals surface area contributed by atoms with E-state index in [1.54, 1.807) is 6.07 Å². The van der Waals surface area contributed by atoms with Crippen molar-refractivity contribution in [3.63, 3.8) is 0 Å². The minimum Gasteiger partial charge on any atom is -0.458 e. The summed E-state index contributed by atoms with van der Waals surface area (Å²) < 4.78 is 10.4. The summed E-state index contributed by atoms with van der Waals surface area (Å²) in [7, 11) is 0. The first kappa shape index (κ1) is 18.1. The van der Waals surface area contributed by atoms with Crippen molar-refractivity contribution in [1.82, 2.24) is 0 Å². The molecule has 0 spiro atoms. The fourth-order valence-corrected chi connectivity index (χ4v) is 2.52. The van der Waals surface area contributed by atoms with E-state index in [-0.39, 0.29) is 12.3 Å². The van der Waals surface area contributed by atoms with Crippen molar-refractivity contribution in [3.8, 4) is 0 Å². The van der Waals surface area contributed by atoms with Gasteiger partial charge in [-0.3, -0.25) is 10.1 Å². The van der Waals surface area contributed by atoms with Crippen LogP contribution in [0.15, 0.2) is 63.8 Å². The maximum Gasteiger partial charge on any atom is 0.336 e. The van der Waals surface area contributed by atoms with Gasteiger partial charge in [0.2, 0.25) is 0 Å². The molecule has 0 atom stereocenters. The van der Waals surface area contributed by atoms with Crippen molar-refractivity contribution < 1.29 is 18.9 Å². The summed E-state index contributed by atoms with van der Waals surface area (Å²) in [5.74, 6) is -0.596. The number of fused-ring (bicyclic) bond motifs is 1. The molecule has 0 aliphatic heterocycles. The SMILES string of the molecule is Cc1ccc2c(COC(=O)C=Cc3ccc([N+](=O)[O-])cc3)cc(=O)oc2c1. The second kappa shape index (κ2) is 7.65. The molecule has 7 heteroatoms. The highest BCUT2D eigenvalue weighted by molar-refractivity contribution is 5.87. The van der Waals surface area contributed by atoms with Crippen molar-refractivity contribution in [3.05, 3.63) is 91.8 Å². The Balaban J connectivity index is 1.69. The number of benzene rings is 2. The zero-order valence-corrected chi connectivity index (χ0v) is 14.4. The molecular weight excluding hydrogens is 350 g/mol. The Morgan fingerprint density at radius 3 is 2.63 bits per heavy atom. The molecule has 0 N–H and O–H groups in total. The molecule has 0 aliphatic carbocycles. The third-order valence-corrected chi connectivity index (χ3v) is 3.87. The first-order valence-corrected chi connectivity index (χ1v) is 8.05. The van der Waals surface area contributed by atoms with Crippen molar-refractivity contribution in [2.24, 2.45) is 0 Å². The van der Waals surface area contributed by atoms with Crippen LogP contribution in [0.2, 0.25) is 0 Å². The maximum absolute atomic E-state index is 11.9. The molecule has 0 aliphatic rings. The number of aryl methyl sites for hydroxylation is 1. The van der Waals surface area contributed by atoms with Gasteiger partial charge in [0.25, 0.3) is 5.69 Å². The number of non-ortho nitro benzene ring substituents is 1. The monoisotopic (exact) mass is 365 g/mol. The van der Waals surface area contributed by atoms with Crippen LogP contribution in [-0.4, -0.2) is 10.9 Å². The van der Waals surface area contributed by atoms with E-state index in [9.17, 15) is 19.7 Å². The van der Waals surface area contributed by atoms with Gasteiger partial charge in [-0.1, -0.05) is 12.1 Å². The summed E-state index contributed by atoms with van der Waals surface area (Å²) >= 11 is 0. The summed E-state index contributed by atoms with van der Waals surface area (Å²) in [6.45, 7) is 1.81. The lowest BCUT2D eigenvalue weighted by Crippen LogP contribution is -2.05. The van der Waals surface area contributed by atoms with E-state index in [1.807, 2.05) is 19.1 Å². The van der Waals surface area contributed by atoms with E-state index >= 15 is 0 Å². The first-order chi connectivity index (χ1) is 12.9. The Morgan fingerprint density at radius 2 is 1.93 bits per heavy atom. The van der Waals surface area contributed by atoms with E-state index in [0.717, 1.165) is 5.56 Å². The number of carbonyl (C=O) groups is 1. The van der Waals surface area contributed by atoms with Gasteiger partial charge >= 0.3 is 11.6 Å². The molecule has 0 radical (unpaired) electrons. The summed E-state index contributed by atoms with van der Waals surface area (Å²) in [6.07, 6.45) is 2.71. The molecule has 27 heavy (non-hydrogen) atoms. The van der Waals surface area contributed by atoms with Gasteiger partial charge in [-0.2, -0.15) is 0 Å². The fourth-order valence-electron chi connectivity index (χ4n) is 2.52. The summed E-state index contributed by atoms with van der Waals surface area (Å²) in [4.78, 5) is 33.7. The molecule has 0 unspecified atom stereocenters. The van der Waals surface area contributed by atoms with Crippen molar-refractivity contribution in [2.75, 3.05) is 0 Å². The van der Waals surface area contributed by atoms with Crippen LogP contribution in [0.3, 0.4) is 0 Å². The molecule has 7 nitrogen and oxygen atoms in total. The van der Waals surface area contributed by atoms with E-state index in [0.29, 0.717) is 22.1 Å². The molecule has 3 aromatic rings. The fraction of sp³-hybridized carbons (Fsp3) is 0.100. The third kappa shape index (κ3) is 4.46. The van der Waals surface area contributed by atoms with E-state index in [4.69, 9.17) is 9.15 Å². The van der Waals surface area contributed by atoms with Crippen LogP contribution < -0.4 is 5.63 Å². The lowest BCUT2D eigenvalue weighted by Gasteiger charge is -2.06. The summed E-state index contributed by atoms with van der Waals surface area (Å²) in [6, 6.07) is 12.5. The van der Waals surface area contributed by atoms with Crippen molar-refractivity contribution in [1.29, 1.82) is 0 Å². The predicted octanol–water partition coefficient (Wildman–Crippen LogP) is 3.77. The van der Waals surface area contributed by atoms with Gasteiger partial charge in [-0.15, -0.1) is 0 Å². The van der Waals surface area contributed by atoms with Gasteiger partial charge in [-0.25, -0.2) is 9.59 Å². The van der Waals surface area contributed by atoms with E-state index in [2.05, 4.69) is 0 Å². The average molecular weight is 365 g/mol. The number of hydrogen-bond acceptors (Lipinski definition) is 6. The molecule has 1 heterocycles. The number of rotatable bonds is 5. The summed E-state index contributed by atoms with van der Waals surface area (Å²) in [5, 5.41) is 11.3. The standard InChI is InChI=1S/C20H15NO6/c1-13-2-8-17-15(11-20(23)27-18(17)10-13)12-26-19(22)9-5-14-3-6-16(7-4-14)21(24)25/h2-11H,12H2,1H3. The lowest BCUT2D eigenvalue weighted by molar-refractivity contribution is -0.384. The van der Waals surface area contributed by atoms with Gasteiger partial charge in [0.05, 0.1) is 4.92 Å². The Labute approximate surface area is 153 Å². The van der Waals surface area contributed by atoms with Crippen LogP contribution in [0.25, 0.3) is 17.0 Å². The van der Waals surface area contributed by atoms with Gasteiger partial charge < -0.3 is 9.15 Å².